The Bertz CT molecular complexity index is 97.7. The summed E-state index contributed by atoms with van der Waals surface area (Å²) in [7, 11) is 0. The zero-order chi connectivity index (χ0) is 8.10. The van der Waals surface area contributed by atoms with E-state index in [9.17, 15) is 0 Å². The second-order valence-corrected chi connectivity index (χ2v) is 3.81. The maximum absolute atomic E-state index is 5.67. The molecule has 1 aliphatic rings. The molecule has 1 nitrogen and oxygen atoms in total. The van der Waals surface area contributed by atoms with Gasteiger partial charge in [0, 0.05) is 11.9 Å². The molecular formula is C9H18ClN. The fourth-order valence-corrected chi connectivity index (χ4v) is 1.96. The Morgan fingerprint density at radius 2 is 2.27 bits per heavy atom. The largest absolute Gasteiger partial charge is 0.314 e. The van der Waals surface area contributed by atoms with E-state index in [1.54, 1.807) is 0 Å². The Morgan fingerprint density at radius 3 is 2.73 bits per heavy atom. The molecule has 0 aromatic rings. The minimum Gasteiger partial charge on any atom is -0.314 e. The average Bonchev–Trinajstić information content (AvgIpc) is 2.07. The minimum absolute atomic E-state index is 0.704. The molecular weight excluding hydrogens is 158 g/mol. The topological polar surface area (TPSA) is 12.0 Å². The average molecular weight is 176 g/mol. The summed E-state index contributed by atoms with van der Waals surface area (Å²) in [5.41, 5.74) is 0. The zero-order valence-corrected chi connectivity index (χ0v) is 8.03. The molecule has 1 aliphatic heterocycles. The highest BCUT2D eigenvalue weighted by Gasteiger charge is 2.17. The molecule has 1 saturated heterocycles. The van der Waals surface area contributed by atoms with Gasteiger partial charge in [-0.1, -0.05) is 13.3 Å². The molecule has 0 aromatic heterocycles. The van der Waals surface area contributed by atoms with Gasteiger partial charge in [-0.15, -0.1) is 11.6 Å². The van der Waals surface area contributed by atoms with Gasteiger partial charge < -0.3 is 5.32 Å². The van der Waals surface area contributed by atoms with E-state index in [1.165, 1.54) is 25.8 Å². The predicted molar refractivity (Wildman–Crippen MR) is 50.1 cm³/mol. The van der Waals surface area contributed by atoms with Crippen LogP contribution in [0.5, 0.6) is 0 Å². The fraction of sp³-hybridized carbons (Fsp3) is 1.00. The molecule has 0 bridgehead atoms. The Balaban J connectivity index is 2.14. The van der Waals surface area contributed by atoms with Gasteiger partial charge in [-0.05, 0) is 31.7 Å². The molecule has 2 unspecified atom stereocenters. The lowest BCUT2D eigenvalue weighted by Gasteiger charge is -2.28. The quantitative estimate of drug-likeness (QED) is 0.650. The maximum atomic E-state index is 5.67. The van der Waals surface area contributed by atoms with Crippen LogP contribution in [-0.4, -0.2) is 18.5 Å². The van der Waals surface area contributed by atoms with Gasteiger partial charge in [-0.2, -0.15) is 0 Å². The molecule has 11 heavy (non-hydrogen) atoms. The molecule has 66 valence electrons. The van der Waals surface area contributed by atoms with Crippen molar-refractivity contribution in [2.45, 2.75) is 38.6 Å². The van der Waals surface area contributed by atoms with E-state index in [1.807, 2.05) is 0 Å². The summed E-state index contributed by atoms with van der Waals surface area (Å²) in [6.07, 6.45) is 5.18. The van der Waals surface area contributed by atoms with Crippen molar-refractivity contribution < 1.29 is 0 Å². The third-order valence-corrected chi connectivity index (χ3v) is 2.87. The van der Waals surface area contributed by atoms with Crippen molar-refractivity contribution in [2.75, 3.05) is 12.4 Å². The second kappa shape index (κ2) is 5.00. The lowest BCUT2D eigenvalue weighted by atomic mass is 9.92. The van der Waals surface area contributed by atoms with Gasteiger partial charge in [-0.25, -0.2) is 0 Å². The first-order chi connectivity index (χ1) is 5.36. The van der Waals surface area contributed by atoms with Crippen LogP contribution >= 0.6 is 11.6 Å². The fourth-order valence-electron chi connectivity index (χ4n) is 1.70. The Hall–Kier alpha value is 0.250. The van der Waals surface area contributed by atoms with Crippen molar-refractivity contribution in [1.29, 1.82) is 0 Å². The molecule has 1 fully saturated rings. The summed E-state index contributed by atoms with van der Waals surface area (Å²) in [6, 6.07) is 0.704. The molecule has 0 amide bonds. The number of alkyl halides is 1. The summed E-state index contributed by atoms with van der Waals surface area (Å²) in [6.45, 7) is 3.48. The van der Waals surface area contributed by atoms with Crippen LogP contribution in [0.4, 0.5) is 0 Å². The number of rotatable bonds is 3. The van der Waals surface area contributed by atoms with E-state index in [0.29, 0.717) is 6.04 Å². The third kappa shape index (κ3) is 3.00. The van der Waals surface area contributed by atoms with Gasteiger partial charge >= 0.3 is 0 Å². The molecule has 1 N–H and O–H groups in total. The predicted octanol–water partition coefficient (Wildman–Crippen LogP) is 2.39. The Kier molecular flexibility index (Phi) is 4.24. The first-order valence-electron chi connectivity index (χ1n) is 4.66. The third-order valence-electron chi connectivity index (χ3n) is 2.65. The molecule has 2 atom stereocenters. The smallest absolute Gasteiger partial charge is 0.0238 e. The summed E-state index contributed by atoms with van der Waals surface area (Å²) >= 11 is 5.67. The van der Waals surface area contributed by atoms with Gasteiger partial charge in [0.25, 0.3) is 0 Å². The lowest BCUT2D eigenvalue weighted by Crippen LogP contribution is -2.38. The highest BCUT2D eigenvalue weighted by atomic mass is 35.5. The van der Waals surface area contributed by atoms with Gasteiger partial charge in [0.05, 0.1) is 0 Å². The molecule has 0 aromatic carbocycles. The lowest BCUT2D eigenvalue weighted by molar-refractivity contribution is 0.300. The zero-order valence-electron chi connectivity index (χ0n) is 7.28. The van der Waals surface area contributed by atoms with E-state index in [4.69, 9.17) is 11.6 Å². The highest BCUT2D eigenvalue weighted by molar-refractivity contribution is 6.17. The standard InChI is InChI=1S/C9H18ClN/c1-2-8-3-4-9(5-6-10)11-7-8/h8-9,11H,2-7H2,1H3. The molecule has 0 saturated carbocycles. The van der Waals surface area contributed by atoms with E-state index >= 15 is 0 Å². The normalized spacial score (nSPS) is 32.2. The number of nitrogens with one attached hydrogen (secondary N) is 1. The van der Waals surface area contributed by atoms with Crippen molar-refractivity contribution >= 4 is 11.6 Å². The van der Waals surface area contributed by atoms with E-state index < -0.39 is 0 Å². The SMILES string of the molecule is CCC1CCC(CCCl)NC1. The Labute approximate surface area is 74.5 Å². The summed E-state index contributed by atoms with van der Waals surface area (Å²) in [4.78, 5) is 0. The van der Waals surface area contributed by atoms with Crippen LogP contribution in [0.15, 0.2) is 0 Å². The number of hydrogen-bond acceptors (Lipinski definition) is 1. The molecule has 0 spiro atoms. The van der Waals surface area contributed by atoms with Crippen LogP contribution in [0, 0.1) is 5.92 Å². The molecule has 1 heterocycles. The Morgan fingerprint density at radius 1 is 1.45 bits per heavy atom. The van der Waals surface area contributed by atoms with Gasteiger partial charge in [0.2, 0.25) is 0 Å². The van der Waals surface area contributed by atoms with Gasteiger partial charge in [0.15, 0.2) is 0 Å². The van der Waals surface area contributed by atoms with Gasteiger partial charge in [0.1, 0.15) is 0 Å². The number of hydrogen-bond donors (Lipinski definition) is 1. The van der Waals surface area contributed by atoms with Crippen molar-refractivity contribution in [3.05, 3.63) is 0 Å². The first kappa shape index (κ1) is 9.34. The van der Waals surface area contributed by atoms with Crippen molar-refractivity contribution in [3.8, 4) is 0 Å². The highest BCUT2D eigenvalue weighted by Crippen LogP contribution is 2.18. The number of halogens is 1. The molecule has 2 heteroatoms. The number of piperidine rings is 1. The van der Waals surface area contributed by atoms with E-state index in [2.05, 4.69) is 12.2 Å². The summed E-state index contributed by atoms with van der Waals surface area (Å²) in [5.74, 6) is 1.72. The maximum Gasteiger partial charge on any atom is 0.0238 e. The molecule has 0 aliphatic carbocycles. The van der Waals surface area contributed by atoms with Crippen LogP contribution in [-0.2, 0) is 0 Å². The van der Waals surface area contributed by atoms with Gasteiger partial charge in [-0.3, -0.25) is 0 Å². The summed E-state index contributed by atoms with van der Waals surface area (Å²) < 4.78 is 0. The molecule has 1 rings (SSSR count). The monoisotopic (exact) mass is 175 g/mol. The van der Waals surface area contributed by atoms with Crippen LogP contribution in [0.25, 0.3) is 0 Å². The van der Waals surface area contributed by atoms with Crippen LogP contribution < -0.4 is 5.32 Å². The van der Waals surface area contributed by atoms with Crippen molar-refractivity contribution in [1.82, 2.24) is 5.32 Å². The minimum atomic E-state index is 0.704. The van der Waals surface area contributed by atoms with Crippen molar-refractivity contribution in [2.24, 2.45) is 5.92 Å². The van der Waals surface area contributed by atoms with E-state index in [0.717, 1.165) is 18.2 Å². The van der Waals surface area contributed by atoms with E-state index in [-0.39, 0.29) is 0 Å². The molecule has 0 radical (unpaired) electrons. The van der Waals surface area contributed by atoms with Crippen LogP contribution in [0.3, 0.4) is 0 Å². The summed E-state index contributed by atoms with van der Waals surface area (Å²) in [5, 5.41) is 3.54. The second-order valence-electron chi connectivity index (χ2n) is 3.43. The van der Waals surface area contributed by atoms with Crippen LogP contribution in [0.1, 0.15) is 32.6 Å². The van der Waals surface area contributed by atoms with Crippen LogP contribution in [0.2, 0.25) is 0 Å². The first-order valence-corrected chi connectivity index (χ1v) is 5.19. The van der Waals surface area contributed by atoms with Crippen molar-refractivity contribution in [3.63, 3.8) is 0 Å².